The third kappa shape index (κ3) is 5.53. The summed E-state index contributed by atoms with van der Waals surface area (Å²) in [7, 11) is -1.96. The van der Waals surface area contributed by atoms with Crippen molar-refractivity contribution >= 4 is 15.9 Å². The Morgan fingerprint density at radius 2 is 1.89 bits per heavy atom. The lowest BCUT2D eigenvalue weighted by Gasteiger charge is -2.27. The Kier molecular flexibility index (Phi) is 7.82. The van der Waals surface area contributed by atoms with Gasteiger partial charge in [-0.2, -0.15) is 4.31 Å². The van der Waals surface area contributed by atoms with Crippen molar-refractivity contribution in [2.24, 2.45) is 5.92 Å². The van der Waals surface area contributed by atoms with Crippen LogP contribution < -0.4 is 0 Å². The monoisotopic (exact) mass is 396 g/mol. The number of amides is 1. The van der Waals surface area contributed by atoms with Crippen molar-refractivity contribution in [2.45, 2.75) is 44.9 Å². The summed E-state index contributed by atoms with van der Waals surface area (Å²) in [5.74, 6) is 0.167. The summed E-state index contributed by atoms with van der Waals surface area (Å²) >= 11 is 0. The maximum absolute atomic E-state index is 13.1. The van der Waals surface area contributed by atoms with Gasteiger partial charge in [0, 0.05) is 38.9 Å². The number of ether oxygens (including phenoxy) is 1. The minimum absolute atomic E-state index is 0.144. The summed E-state index contributed by atoms with van der Waals surface area (Å²) in [6.07, 6.45) is 2.83. The first-order valence-corrected chi connectivity index (χ1v) is 11.1. The molecule has 0 bridgehead atoms. The van der Waals surface area contributed by atoms with Gasteiger partial charge in [0.1, 0.15) is 0 Å². The molecule has 0 N–H and O–H groups in total. The molecule has 1 aromatic rings. The van der Waals surface area contributed by atoms with Crippen LogP contribution in [0, 0.1) is 12.8 Å². The number of carbonyl (C=O) groups excluding carboxylic acids is 1. The summed E-state index contributed by atoms with van der Waals surface area (Å²) in [6.45, 7) is 8.58. The molecule has 1 heterocycles. The molecule has 0 unspecified atom stereocenters. The average molecular weight is 397 g/mol. The second kappa shape index (κ2) is 9.66. The number of carbonyl (C=O) groups is 1. The van der Waals surface area contributed by atoms with E-state index in [1.807, 2.05) is 6.92 Å². The predicted molar refractivity (Wildman–Crippen MR) is 106 cm³/mol. The van der Waals surface area contributed by atoms with Gasteiger partial charge in [0.25, 0.3) is 5.91 Å². The second-order valence-electron chi connectivity index (χ2n) is 7.58. The van der Waals surface area contributed by atoms with Crippen LogP contribution in [0.2, 0.25) is 0 Å². The van der Waals surface area contributed by atoms with Crippen LogP contribution in [-0.4, -0.2) is 63.4 Å². The van der Waals surface area contributed by atoms with Gasteiger partial charge < -0.3 is 9.64 Å². The van der Waals surface area contributed by atoms with Crippen molar-refractivity contribution in [2.75, 3.05) is 39.9 Å². The number of hydrogen-bond acceptors (Lipinski definition) is 4. The van der Waals surface area contributed by atoms with Crippen LogP contribution in [0.1, 0.15) is 49.0 Å². The topological polar surface area (TPSA) is 66.9 Å². The number of nitrogens with zero attached hydrogens (tertiary/aromatic N) is 2. The third-order valence-corrected chi connectivity index (χ3v) is 6.72. The third-order valence-electron chi connectivity index (χ3n) is 4.83. The highest BCUT2D eigenvalue weighted by molar-refractivity contribution is 7.89. The lowest BCUT2D eigenvalue weighted by atomic mass is 10.1. The van der Waals surface area contributed by atoms with Crippen LogP contribution in [-0.2, 0) is 14.8 Å². The quantitative estimate of drug-likeness (QED) is 0.678. The maximum Gasteiger partial charge on any atom is 0.254 e. The van der Waals surface area contributed by atoms with E-state index in [0.29, 0.717) is 44.3 Å². The summed E-state index contributed by atoms with van der Waals surface area (Å²) in [4.78, 5) is 15.1. The highest BCUT2D eigenvalue weighted by atomic mass is 32.2. The molecule has 0 atom stereocenters. The van der Waals surface area contributed by atoms with Gasteiger partial charge in [0.2, 0.25) is 10.0 Å². The highest BCUT2D eigenvalue weighted by Gasteiger charge is 2.28. The van der Waals surface area contributed by atoms with Crippen LogP contribution in [0.25, 0.3) is 0 Å². The van der Waals surface area contributed by atoms with Gasteiger partial charge >= 0.3 is 0 Å². The predicted octanol–water partition coefficient (Wildman–Crippen LogP) is 2.91. The van der Waals surface area contributed by atoms with Gasteiger partial charge in [0.15, 0.2) is 0 Å². The molecule has 1 saturated heterocycles. The van der Waals surface area contributed by atoms with Gasteiger partial charge in [0.05, 0.1) is 11.5 Å². The lowest BCUT2D eigenvalue weighted by molar-refractivity contribution is 0.0671. The standard InChI is InChI=1S/C20H32N2O4S/c1-16(2)15-21(12-13-26-4)20(23)19-14-18(9-8-17(19)3)27(24,25)22-10-6-5-7-11-22/h8-9,14,16H,5-7,10-13,15H2,1-4H3. The van der Waals surface area contributed by atoms with E-state index in [9.17, 15) is 13.2 Å². The number of sulfonamides is 1. The molecule has 0 aliphatic carbocycles. The molecule has 1 aliphatic rings. The molecule has 152 valence electrons. The van der Waals surface area contributed by atoms with E-state index in [2.05, 4.69) is 13.8 Å². The van der Waals surface area contributed by atoms with Crippen LogP contribution in [0.5, 0.6) is 0 Å². The van der Waals surface area contributed by atoms with E-state index in [-0.39, 0.29) is 10.8 Å². The SMILES string of the molecule is COCCN(CC(C)C)C(=O)c1cc(S(=O)(=O)N2CCCCC2)ccc1C. The van der Waals surface area contributed by atoms with Crippen molar-refractivity contribution in [1.82, 2.24) is 9.21 Å². The maximum atomic E-state index is 13.1. The van der Waals surface area contributed by atoms with Crippen LogP contribution >= 0.6 is 0 Å². The smallest absolute Gasteiger partial charge is 0.254 e. The van der Waals surface area contributed by atoms with Crippen molar-refractivity contribution in [3.63, 3.8) is 0 Å². The molecule has 0 radical (unpaired) electrons. The molecule has 0 aromatic heterocycles. The largest absolute Gasteiger partial charge is 0.383 e. The first kappa shape index (κ1) is 21.9. The van der Waals surface area contributed by atoms with Gasteiger partial charge in [-0.3, -0.25) is 4.79 Å². The van der Waals surface area contributed by atoms with E-state index >= 15 is 0 Å². The fourth-order valence-electron chi connectivity index (χ4n) is 3.33. The van der Waals surface area contributed by atoms with Crippen LogP contribution in [0.3, 0.4) is 0 Å². The zero-order valence-corrected chi connectivity index (χ0v) is 17.7. The number of aryl methyl sites for hydroxylation is 1. The molecular formula is C20H32N2O4S. The van der Waals surface area contributed by atoms with Crippen LogP contribution in [0.4, 0.5) is 0 Å². The summed E-state index contributed by atoms with van der Waals surface area (Å²) in [5.41, 5.74) is 1.23. The Bertz CT molecular complexity index is 740. The summed E-state index contributed by atoms with van der Waals surface area (Å²) in [5, 5.41) is 0. The second-order valence-corrected chi connectivity index (χ2v) is 9.52. The molecule has 1 amide bonds. The fraction of sp³-hybridized carbons (Fsp3) is 0.650. The molecular weight excluding hydrogens is 364 g/mol. The molecule has 1 fully saturated rings. The Hall–Kier alpha value is -1.44. The first-order valence-electron chi connectivity index (χ1n) is 9.66. The average Bonchev–Trinajstić information content (AvgIpc) is 2.65. The summed E-state index contributed by atoms with van der Waals surface area (Å²) < 4.78 is 32.6. The minimum atomic E-state index is -3.56. The van der Waals surface area contributed by atoms with E-state index in [1.165, 1.54) is 4.31 Å². The van der Waals surface area contributed by atoms with Crippen molar-refractivity contribution in [3.05, 3.63) is 29.3 Å². The number of piperidine rings is 1. The van der Waals surface area contributed by atoms with E-state index in [0.717, 1.165) is 24.8 Å². The number of rotatable bonds is 8. The molecule has 1 aliphatic heterocycles. The number of hydrogen-bond donors (Lipinski definition) is 0. The minimum Gasteiger partial charge on any atom is -0.383 e. The normalized spacial score (nSPS) is 15.9. The van der Waals surface area contributed by atoms with Gasteiger partial charge in [-0.25, -0.2) is 8.42 Å². The Morgan fingerprint density at radius 3 is 2.48 bits per heavy atom. The summed E-state index contributed by atoms with van der Waals surface area (Å²) in [6, 6.07) is 4.88. The van der Waals surface area contributed by atoms with Crippen LogP contribution in [0.15, 0.2) is 23.1 Å². The molecule has 6 nitrogen and oxygen atoms in total. The van der Waals surface area contributed by atoms with Crippen molar-refractivity contribution in [3.8, 4) is 0 Å². The highest BCUT2D eigenvalue weighted by Crippen LogP contribution is 2.23. The van der Waals surface area contributed by atoms with Crippen molar-refractivity contribution in [1.29, 1.82) is 0 Å². The molecule has 0 saturated carbocycles. The Morgan fingerprint density at radius 1 is 1.22 bits per heavy atom. The molecule has 27 heavy (non-hydrogen) atoms. The zero-order chi connectivity index (χ0) is 20.0. The van der Waals surface area contributed by atoms with Gasteiger partial charge in [-0.1, -0.05) is 26.3 Å². The number of benzene rings is 1. The van der Waals surface area contributed by atoms with Gasteiger partial charge in [-0.15, -0.1) is 0 Å². The van der Waals surface area contributed by atoms with E-state index < -0.39 is 10.0 Å². The Labute approximate surface area is 163 Å². The number of methoxy groups -OCH3 is 1. The molecule has 7 heteroatoms. The first-order chi connectivity index (χ1) is 12.8. The Balaban J connectivity index is 2.33. The van der Waals surface area contributed by atoms with E-state index in [1.54, 1.807) is 30.2 Å². The zero-order valence-electron chi connectivity index (χ0n) is 16.9. The lowest BCUT2D eigenvalue weighted by Crippen LogP contribution is -2.38. The van der Waals surface area contributed by atoms with E-state index in [4.69, 9.17) is 4.74 Å². The van der Waals surface area contributed by atoms with Crippen molar-refractivity contribution < 1.29 is 17.9 Å². The fourth-order valence-corrected chi connectivity index (χ4v) is 4.88. The molecule has 1 aromatic carbocycles. The van der Waals surface area contributed by atoms with Gasteiger partial charge in [-0.05, 0) is 43.4 Å². The molecule has 0 spiro atoms. The molecule has 2 rings (SSSR count).